The zero-order valence-electron chi connectivity index (χ0n) is 18.0. The van der Waals surface area contributed by atoms with Crippen LogP contribution in [0.25, 0.3) is 0 Å². The van der Waals surface area contributed by atoms with Crippen molar-refractivity contribution in [2.75, 3.05) is 51.4 Å². The van der Waals surface area contributed by atoms with E-state index in [2.05, 4.69) is 16.3 Å². The van der Waals surface area contributed by atoms with Gasteiger partial charge in [0.05, 0.1) is 31.0 Å². The number of β-amino-alcohol motifs (C(OH)–C–C–N with tert-alkyl or cyclic N) is 1. The highest BCUT2D eigenvalue weighted by Crippen LogP contribution is 2.34. The number of anilines is 1. The van der Waals surface area contributed by atoms with Crippen molar-refractivity contribution in [1.29, 1.82) is 0 Å². The van der Waals surface area contributed by atoms with Gasteiger partial charge in [-0.3, -0.25) is 0 Å². The summed E-state index contributed by atoms with van der Waals surface area (Å²) in [4.78, 5) is 2.34. The van der Waals surface area contributed by atoms with Crippen molar-refractivity contribution in [3.63, 3.8) is 0 Å². The summed E-state index contributed by atoms with van der Waals surface area (Å²) in [5.74, 6) is 0.980. The third kappa shape index (κ3) is 5.30. The maximum atomic E-state index is 10.6. The van der Waals surface area contributed by atoms with Gasteiger partial charge in [-0.15, -0.1) is 0 Å². The van der Waals surface area contributed by atoms with Crippen LogP contribution in [0, 0.1) is 0 Å². The van der Waals surface area contributed by atoms with Gasteiger partial charge in [0.25, 0.3) is 0 Å². The zero-order chi connectivity index (χ0) is 21.6. The number of phenolic OH excluding ortho intramolecular Hbond substituents is 1. The molecule has 7 heteroatoms. The molecule has 3 atom stereocenters. The minimum atomic E-state index is -0.545. The van der Waals surface area contributed by atoms with E-state index < -0.39 is 6.10 Å². The molecule has 31 heavy (non-hydrogen) atoms. The molecule has 2 heterocycles. The maximum Gasteiger partial charge on any atom is 0.142 e. The lowest BCUT2D eigenvalue weighted by molar-refractivity contribution is -0.0328. The average molecular weight is 429 g/mol. The SMILES string of the molecule is COCCCN1CCOc2ccc(CO[C@H]3CNC[C@@H](O)[C@@H]3c3ccc(O)cc3)cc21. The number of fused-ring (bicyclic) bond motifs is 1. The number of hydrogen-bond acceptors (Lipinski definition) is 7. The first kappa shape index (κ1) is 21.9. The number of piperidine rings is 1. The molecule has 2 aliphatic heterocycles. The lowest BCUT2D eigenvalue weighted by atomic mass is 9.85. The summed E-state index contributed by atoms with van der Waals surface area (Å²) in [6, 6.07) is 13.2. The van der Waals surface area contributed by atoms with E-state index in [1.807, 2.05) is 24.3 Å². The molecule has 0 bridgehead atoms. The number of nitrogens with zero attached hydrogens (tertiary/aromatic N) is 1. The van der Waals surface area contributed by atoms with E-state index in [4.69, 9.17) is 14.2 Å². The largest absolute Gasteiger partial charge is 0.508 e. The Morgan fingerprint density at radius 2 is 2.00 bits per heavy atom. The Morgan fingerprint density at radius 3 is 2.81 bits per heavy atom. The molecular formula is C24H32N2O5. The normalized spacial score (nSPS) is 23.3. The number of benzene rings is 2. The predicted molar refractivity (Wildman–Crippen MR) is 119 cm³/mol. The molecule has 0 radical (unpaired) electrons. The molecule has 2 aromatic rings. The molecule has 3 N–H and O–H groups in total. The summed E-state index contributed by atoms with van der Waals surface area (Å²) < 4.78 is 17.3. The van der Waals surface area contributed by atoms with E-state index >= 15 is 0 Å². The number of aliphatic hydroxyl groups excluding tert-OH is 1. The molecule has 7 nitrogen and oxygen atoms in total. The monoisotopic (exact) mass is 428 g/mol. The van der Waals surface area contributed by atoms with Gasteiger partial charge in [0, 0.05) is 39.3 Å². The number of rotatable bonds is 8. The Hall–Kier alpha value is -2.32. The molecule has 1 saturated heterocycles. The van der Waals surface area contributed by atoms with Crippen LogP contribution in [0.4, 0.5) is 5.69 Å². The molecule has 0 amide bonds. The van der Waals surface area contributed by atoms with Gasteiger partial charge < -0.3 is 34.6 Å². The molecule has 2 aliphatic rings. The Morgan fingerprint density at radius 1 is 1.16 bits per heavy atom. The van der Waals surface area contributed by atoms with Crippen molar-refractivity contribution in [2.24, 2.45) is 0 Å². The van der Waals surface area contributed by atoms with Crippen LogP contribution in [0.3, 0.4) is 0 Å². The van der Waals surface area contributed by atoms with Crippen LogP contribution in [-0.4, -0.2) is 68.9 Å². The molecule has 0 aromatic heterocycles. The lowest BCUT2D eigenvalue weighted by Crippen LogP contribution is -2.49. The van der Waals surface area contributed by atoms with Gasteiger partial charge in [-0.1, -0.05) is 18.2 Å². The van der Waals surface area contributed by atoms with Gasteiger partial charge in [-0.25, -0.2) is 0 Å². The summed E-state index contributed by atoms with van der Waals surface area (Å²) in [7, 11) is 1.73. The third-order valence-electron chi connectivity index (χ3n) is 6.02. The highest BCUT2D eigenvalue weighted by molar-refractivity contribution is 5.61. The van der Waals surface area contributed by atoms with Crippen LogP contribution in [0.5, 0.6) is 11.5 Å². The van der Waals surface area contributed by atoms with E-state index in [-0.39, 0.29) is 17.8 Å². The highest BCUT2D eigenvalue weighted by atomic mass is 16.5. The van der Waals surface area contributed by atoms with E-state index in [9.17, 15) is 10.2 Å². The van der Waals surface area contributed by atoms with Crippen molar-refractivity contribution < 1.29 is 24.4 Å². The topological polar surface area (TPSA) is 83.4 Å². The molecule has 2 aromatic carbocycles. The summed E-state index contributed by atoms with van der Waals surface area (Å²) in [6.07, 6.45) is 0.256. The van der Waals surface area contributed by atoms with Crippen LogP contribution in [0.1, 0.15) is 23.5 Å². The van der Waals surface area contributed by atoms with Gasteiger partial charge in [0.15, 0.2) is 0 Å². The van der Waals surface area contributed by atoms with E-state index in [1.165, 1.54) is 0 Å². The van der Waals surface area contributed by atoms with E-state index in [0.29, 0.717) is 26.3 Å². The zero-order valence-corrected chi connectivity index (χ0v) is 18.0. The fraction of sp³-hybridized carbons (Fsp3) is 0.500. The minimum Gasteiger partial charge on any atom is -0.508 e. The first-order valence-electron chi connectivity index (χ1n) is 10.9. The Labute approximate surface area is 183 Å². The minimum absolute atomic E-state index is 0.145. The summed E-state index contributed by atoms with van der Waals surface area (Å²) in [5, 5.41) is 23.5. The fourth-order valence-corrected chi connectivity index (χ4v) is 4.41. The summed E-state index contributed by atoms with van der Waals surface area (Å²) in [5.41, 5.74) is 3.14. The van der Waals surface area contributed by atoms with Gasteiger partial charge in [0.2, 0.25) is 0 Å². The molecule has 0 unspecified atom stereocenters. The number of phenols is 1. The van der Waals surface area contributed by atoms with E-state index in [1.54, 1.807) is 19.2 Å². The van der Waals surface area contributed by atoms with Gasteiger partial charge >= 0.3 is 0 Å². The van der Waals surface area contributed by atoms with Crippen molar-refractivity contribution in [3.05, 3.63) is 53.6 Å². The first-order chi connectivity index (χ1) is 15.2. The lowest BCUT2D eigenvalue weighted by Gasteiger charge is -2.36. The fourth-order valence-electron chi connectivity index (χ4n) is 4.41. The number of nitrogens with one attached hydrogen (secondary N) is 1. The second-order valence-electron chi connectivity index (χ2n) is 8.18. The number of aromatic hydroxyl groups is 1. The highest BCUT2D eigenvalue weighted by Gasteiger charge is 2.34. The van der Waals surface area contributed by atoms with E-state index in [0.717, 1.165) is 48.7 Å². The van der Waals surface area contributed by atoms with Crippen LogP contribution >= 0.6 is 0 Å². The second kappa shape index (κ2) is 10.3. The number of ether oxygens (including phenoxy) is 3. The Balaban J connectivity index is 1.45. The molecule has 4 rings (SSSR count). The Kier molecular flexibility index (Phi) is 7.29. The summed E-state index contributed by atoms with van der Waals surface area (Å²) in [6.45, 7) is 4.87. The van der Waals surface area contributed by atoms with Crippen molar-refractivity contribution in [3.8, 4) is 11.5 Å². The van der Waals surface area contributed by atoms with Crippen LogP contribution in [0.15, 0.2) is 42.5 Å². The third-order valence-corrected chi connectivity index (χ3v) is 6.02. The van der Waals surface area contributed by atoms with Gasteiger partial charge in [-0.05, 0) is 41.8 Å². The molecule has 0 aliphatic carbocycles. The molecular weight excluding hydrogens is 396 g/mol. The summed E-state index contributed by atoms with van der Waals surface area (Å²) >= 11 is 0. The molecule has 1 fully saturated rings. The first-order valence-corrected chi connectivity index (χ1v) is 10.9. The average Bonchev–Trinajstić information content (AvgIpc) is 2.79. The van der Waals surface area contributed by atoms with Crippen molar-refractivity contribution in [2.45, 2.75) is 31.2 Å². The Bertz CT molecular complexity index is 844. The molecule has 168 valence electrons. The standard InChI is InChI=1S/C24H32N2O5/c1-29-11-2-9-26-10-12-30-22-8-3-17(13-20(22)26)16-31-23-15-25-14-21(28)24(23)18-4-6-19(27)7-5-18/h3-8,13,21,23-25,27-28H,2,9-12,14-16H2,1H3/t21-,23+,24+/m1/s1. The quantitative estimate of drug-likeness (QED) is 0.556. The van der Waals surface area contributed by atoms with Crippen LogP contribution in [0.2, 0.25) is 0 Å². The number of methoxy groups -OCH3 is 1. The van der Waals surface area contributed by atoms with Crippen molar-refractivity contribution in [1.82, 2.24) is 5.32 Å². The van der Waals surface area contributed by atoms with Crippen LogP contribution in [-0.2, 0) is 16.1 Å². The number of hydrogen-bond donors (Lipinski definition) is 3. The van der Waals surface area contributed by atoms with Crippen LogP contribution < -0.4 is 15.0 Å². The predicted octanol–water partition coefficient (Wildman–Crippen LogP) is 2.26. The van der Waals surface area contributed by atoms with Gasteiger partial charge in [-0.2, -0.15) is 0 Å². The van der Waals surface area contributed by atoms with Gasteiger partial charge in [0.1, 0.15) is 18.1 Å². The number of aliphatic hydroxyl groups is 1. The second-order valence-corrected chi connectivity index (χ2v) is 8.18. The smallest absolute Gasteiger partial charge is 0.142 e. The molecule has 0 saturated carbocycles. The van der Waals surface area contributed by atoms with Crippen molar-refractivity contribution >= 4 is 5.69 Å². The molecule has 0 spiro atoms. The maximum absolute atomic E-state index is 10.6.